The quantitative estimate of drug-likeness (QED) is 0.591. The average molecular weight is 385 g/mol. The van der Waals surface area contributed by atoms with E-state index in [1.165, 1.54) is 38.3 Å². The van der Waals surface area contributed by atoms with Gasteiger partial charge in [0.15, 0.2) is 11.9 Å². The van der Waals surface area contributed by atoms with Crippen LogP contribution in [-0.4, -0.2) is 24.0 Å². The Morgan fingerprint density at radius 3 is 2.56 bits per heavy atom. The van der Waals surface area contributed by atoms with Crippen LogP contribution < -0.4 is 14.8 Å². The molecule has 9 heteroatoms. The second-order valence-corrected chi connectivity index (χ2v) is 5.81. The van der Waals surface area contributed by atoms with Gasteiger partial charge >= 0.3 is 5.69 Å². The number of halogens is 2. The topological polar surface area (TPSA) is 90.7 Å². The molecule has 2 rings (SSSR count). The van der Waals surface area contributed by atoms with Gasteiger partial charge in [0, 0.05) is 5.02 Å². The molecular weight excluding hydrogens is 371 g/mol. The van der Waals surface area contributed by atoms with Crippen molar-refractivity contribution in [1.82, 2.24) is 0 Å². The fourth-order valence-corrected chi connectivity index (χ4v) is 2.39. The van der Waals surface area contributed by atoms with Crippen LogP contribution in [0.25, 0.3) is 0 Å². The molecule has 0 heterocycles. The Bertz CT molecular complexity index is 813. The molecule has 25 heavy (non-hydrogen) atoms. The van der Waals surface area contributed by atoms with Crippen LogP contribution in [0.2, 0.25) is 10.0 Å². The highest BCUT2D eigenvalue weighted by Crippen LogP contribution is 2.32. The third-order valence-electron chi connectivity index (χ3n) is 3.22. The summed E-state index contributed by atoms with van der Waals surface area (Å²) in [5, 5.41) is 14.4. The van der Waals surface area contributed by atoms with E-state index in [-0.39, 0.29) is 16.5 Å². The zero-order chi connectivity index (χ0) is 18.6. The van der Waals surface area contributed by atoms with Crippen LogP contribution in [0.1, 0.15) is 6.92 Å². The monoisotopic (exact) mass is 384 g/mol. The number of rotatable bonds is 6. The number of hydrogen-bond acceptors (Lipinski definition) is 5. The van der Waals surface area contributed by atoms with Gasteiger partial charge in [-0.15, -0.1) is 0 Å². The summed E-state index contributed by atoms with van der Waals surface area (Å²) in [6, 6.07) is 8.70. The van der Waals surface area contributed by atoms with Crippen molar-refractivity contribution in [1.29, 1.82) is 0 Å². The predicted molar refractivity (Wildman–Crippen MR) is 94.8 cm³/mol. The van der Waals surface area contributed by atoms with Gasteiger partial charge in [-0.25, -0.2) is 0 Å². The molecule has 132 valence electrons. The predicted octanol–water partition coefficient (Wildman–Crippen LogP) is 4.32. The van der Waals surface area contributed by atoms with E-state index in [4.69, 9.17) is 32.7 Å². The number of nitro groups is 1. The van der Waals surface area contributed by atoms with E-state index in [2.05, 4.69) is 5.32 Å². The van der Waals surface area contributed by atoms with Crippen LogP contribution in [0.4, 0.5) is 11.4 Å². The first-order valence-electron chi connectivity index (χ1n) is 7.07. The highest BCUT2D eigenvalue weighted by Gasteiger charge is 2.22. The van der Waals surface area contributed by atoms with Crippen molar-refractivity contribution in [2.45, 2.75) is 13.0 Å². The third kappa shape index (κ3) is 4.74. The zero-order valence-corrected chi connectivity index (χ0v) is 14.8. The van der Waals surface area contributed by atoms with Gasteiger partial charge in [-0.2, -0.15) is 0 Å². The van der Waals surface area contributed by atoms with E-state index in [1.54, 1.807) is 12.1 Å². The summed E-state index contributed by atoms with van der Waals surface area (Å²) < 4.78 is 10.4. The largest absolute Gasteiger partial charge is 0.496 e. The van der Waals surface area contributed by atoms with Crippen LogP contribution in [0.3, 0.4) is 0 Å². The first-order chi connectivity index (χ1) is 11.8. The van der Waals surface area contributed by atoms with E-state index in [1.807, 2.05) is 0 Å². The molecule has 0 saturated carbocycles. The summed E-state index contributed by atoms with van der Waals surface area (Å²) in [6.45, 7) is 1.47. The van der Waals surface area contributed by atoms with Gasteiger partial charge in [0.1, 0.15) is 5.75 Å². The van der Waals surface area contributed by atoms with Crippen molar-refractivity contribution in [3.63, 3.8) is 0 Å². The molecular formula is C16H14Cl2N2O5. The van der Waals surface area contributed by atoms with Gasteiger partial charge in [-0.3, -0.25) is 14.9 Å². The van der Waals surface area contributed by atoms with Gasteiger partial charge in [0.05, 0.1) is 28.8 Å². The number of hydrogen-bond donors (Lipinski definition) is 1. The standard InChI is InChI=1S/C16H14Cl2N2O5/c1-9(16(21)19-13-5-3-10(17)7-12(13)18)25-15-6-4-11(24-2)8-14(15)20(22)23/h3-9H,1-2H3,(H,19,21)/t9-/m0/s1. The van der Waals surface area contributed by atoms with E-state index in [0.717, 1.165) is 0 Å². The Labute approximate surface area is 153 Å². The van der Waals surface area contributed by atoms with E-state index in [9.17, 15) is 14.9 Å². The molecule has 0 aliphatic heterocycles. The second kappa shape index (κ2) is 8.04. The molecule has 0 aliphatic rings. The number of nitrogens with zero attached hydrogens (tertiary/aromatic N) is 1. The lowest BCUT2D eigenvalue weighted by molar-refractivity contribution is -0.386. The first-order valence-corrected chi connectivity index (χ1v) is 7.82. The minimum atomic E-state index is -1.00. The van der Waals surface area contributed by atoms with E-state index < -0.39 is 16.9 Å². The molecule has 1 atom stereocenters. The Balaban J connectivity index is 2.14. The number of amides is 1. The third-order valence-corrected chi connectivity index (χ3v) is 3.77. The Kier molecular flexibility index (Phi) is 6.06. The molecule has 0 spiro atoms. The molecule has 2 aromatic rings. The van der Waals surface area contributed by atoms with Crippen LogP contribution in [0.15, 0.2) is 36.4 Å². The lowest BCUT2D eigenvalue weighted by atomic mass is 10.2. The van der Waals surface area contributed by atoms with Crippen molar-refractivity contribution in [3.05, 3.63) is 56.6 Å². The Morgan fingerprint density at radius 1 is 1.24 bits per heavy atom. The maximum atomic E-state index is 12.2. The number of ether oxygens (including phenoxy) is 2. The summed E-state index contributed by atoms with van der Waals surface area (Å²) in [5.74, 6) is -0.255. The molecule has 0 bridgehead atoms. The molecule has 0 fully saturated rings. The highest BCUT2D eigenvalue weighted by molar-refractivity contribution is 6.36. The lowest BCUT2D eigenvalue weighted by Crippen LogP contribution is -2.30. The number of carbonyl (C=O) groups excluding carboxylic acids is 1. The van der Waals surface area contributed by atoms with E-state index in [0.29, 0.717) is 16.5 Å². The van der Waals surface area contributed by atoms with E-state index >= 15 is 0 Å². The SMILES string of the molecule is COc1ccc(O[C@@H](C)C(=O)Nc2ccc(Cl)cc2Cl)c([N+](=O)[O-])c1. The molecule has 0 aliphatic carbocycles. The zero-order valence-electron chi connectivity index (χ0n) is 13.3. The molecule has 0 aromatic heterocycles. The Morgan fingerprint density at radius 2 is 1.96 bits per heavy atom. The normalized spacial score (nSPS) is 11.5. The number of benzene rings is 2. The van der Waals surface area contributed by atoms with Crippen molar-refractivity contribution in [2.24, 2.45) is 0 Å². The van der Waals surface area contributed by atoms with Crippen molar-refractivity contribution in [3.8, 4) is 11.5 Å². The van der Waals surface area contributed by atoms with Gasteiger partial charge in [-0.1, -0.05) is 23.2 Å². The van der Waals surface area contributed by atoms with Crippen molar-refractivity contribution >= 4 is 40.5 Å². The fraction of sp³-hybridized carbons (Fsp3) is 0.188. The number of methoxy groups -OCH3 is 1. The summed E-state index contributed by atoms with van der Waals surface area (Å²) in [4.78, 5) is 22.8. The molecule has 2 aromatic carbocycles. The number of nitrogens with one attached hydrogen (secondary N) is 1. The first kappa shape index (κ1) is 18.8. The summed E-state index contributed by atoms with van der Waals surface area (Å²) >= 11 is 11.8. The Hall–Kier alpha value is -2.51. The van der Waals surface area contributed by atoms with Gasteiger partial charge in [0.25, 0.3) is 5.91 Å². The minimum absolute atomic E-state index is 0.0457. The van der Waals surface area contributed by atoms with Gasteiger partial charge in [0.2, 0.25) is 0 Å². The number of carbonyl (C=O) groups is 1. The van der Waals surface area contributed by atoms with Crippen LogP contribution in [0, 0.1) is 10.1 Å². The summed E-state index contributed by atoms with van der Waals surface area (Å²) in [5.41, 5.74) is 0.0549. The second-order valence-electron chi connectivity index (χ2n) is 4.96. The molecule has 0 saturated heterocycles. The van der Waals surface area contributed by atoms with Gasteiger partial charge < -0.3 is 14.8 Å². The average Bonchev–Trinajstić information content (AvgIpc) is 2.57. The lowest BCUT2D eigenvalue weighted by Gasteiger charge is -2.15. The number of anilines is 1. The van der Waals surface area contributed by atoms with Crippen LogP contribution in [-0.2, 0) is 4.79 Å². The summed E-state index contributed by atoms with van der Waals surface area (Å²) in [6.07, 6.45) is -1.00. The maximum Gasteiger partial charge on any atom is 0.314 e. The molecule has 0 unspecified atom stereocenters. The molecule has 1 N–H and O–H groups in total. The minimum Gasteiger partial charge on any atom is -0.496 e. The smallest absolute Gasteiger partial charge is 0.314 e. The highest BCUT2D eigenvalue weighted by atomic mass is 35.5. The summed E-state index contributed by atoms with van der Waals surface area (Å²) in [7, 11) is 1.39. The van der Waals surface area contributed by atoms with Gasteiger partial charge in [-0.05, 0) is 37.3 Å². The fourth-order valence-electron chi connectivity index (χ4n) is 1.94. The van der Waals surface area contributed by atoms with Crippen molar-refractivity contribution in [2.75, 3.05) is 12.4 Å². The maximum absolute atomic E-state index is 12.2. The van der Waals surface area contributed by atoms with Crippen LogP contribution >= 0.6 is 23.2 Å². The molecule has 1 amide bonds. The van der Waals surface area contributed by atoms with Crippen molar-refractivity contribution < 1.29 is 19.2 Å². The van der Waals surface area contributed by atoms with Crippen LogP contribution in [0.5, 0.6) is 11.5 Å². The molecule has 0 radical (unpaired) electrons. The molecule has 7 nitrogen and oxygen atoms in total. The number of nitro benzene ring substituents is 1.